The number of rotatable bonds is 6. The zero-order chi connectivity index (χ0) is 18.6. The minimum atomic E-state index is -3.36. The molecule has 0 aliphatic rings. The van der Waals surface area contributed by atoms with Gasteiger partial charge in [-0.1, -0.05) is 12.1 Å². The normalized spacial score (nSPS) is 12.6. The van der Waals surface area contributed by atoms with Crippen molar-refractivity contribution in [3.05, 3.63) is 59.7 Å². The topological polar surface area (TPSA) is 75.3 Å². The van der Waals surface area contributed by atoms with Crippen LogP contribution in [-0.2, 0) is 14.6 Å². The Bertz CT molecular complexity index is 885. The molecule has 0 unspecified atom stereocenters. The van der Waals surface area contributed by atoms with Gasteiger partial charge in [0.15, 0.2) is 21.5 Å². The first-order valence-electron chi connectivity index (χ1n) is 7.45. The third-order valence-electron chi connectivity index (χ3n) is 3.56. The maximum atomic E-state index is 13.2. The first kappa shape index (κ1) is 19.0. The Kier molecular flexibility index (Phi) is 5.86. The molecule has 0 saturated carbocycles. The molecule has 8 heteroatoms. The number of carbonyl (C=O) groups is 1. The molecule has 2 aromatic rings. The maximum Gasteiger partial charge on any atom is 0.238 e. The van der Waals surface area contributed by atoms with Crippen molar-refractivity contribution in [2.24, 2.45) is 0 Å². The molecule has 0 fully saturated rings. The van der Waals surface area contributed by atoms with E-state index in [0.29, 0.717) is 11.3 Å². The van der Waals surface area contributed by atoms with Crippen molar-refractivity contribution >= 4 is 21.4 Å². The van der Waals surface area contributed by atoms with Crippen LogP contribution in [0.4, 0.5) is 14.5 Å². The average Bonchev–Trinajstić information content (AvgIpc) is 2.54. The summed E-state index contributed by atoms with van der Waals surface area (Å²) >= 11 is 0. The van der Waals surface area contributed by atoms with Crippen molar-refractivity contribution in [1.29, 1.82) is 0 Å². The molecule has 2 rings (SSSR count). The lowest BCUT2D eigenvalue weighted by Gasteiger charge is -2.14. The maximum absolute atomic E-state index is 13.2. The highest BCUT2D eigenvalue weighted by atomic mass is 32.2. The first-order valence-corrected chi connectivity index (χ1v) is 9.34. The monoisotopic (exact) mass is 368 g/mol. The van der Waals surface area contributed by atoms with Crippen LogP contribution >= 0.6 is 0 Å². The van der Waals surface area contributed by atoms with Crippen LogP contribution in [0.5, 0.6) is 0 Å². The molecule has 0 bridgehead atoms. The van der Waals surface area contributed by atoms with Gasteiger partial charge in [0.05, 0.1) is 11.4 Å². The van der Waals surface area contributed by atoms with Gasteiger partial charge in [0, 0.05) is 18.0 Å². The third kappa shape index (κ3) is 5.33. The van der Waals surface area contributed by atoms with E-state index in [9.17, 15) is 22.0 Å². The predicted molar refractivity (Wildman–Crippen MR) is 91.0 cm³/mol. The lowest BCUT2D eigenvalue weighted by Crippen LogP contribution is -2.30. The van der Waals surface area contributed by atoms with Crippen molar-refractivity contribution < 1.29 is 22.0 Å². The van der Waals surface area contributed by atoms with E-state index < -0.39 is 21.5 Å². The number of halogens is 2. The number of sulfone groups is 1. The zero-order valence-corrected chi connectivity index (χ0v) is 14.5. The molecular formula is C17H18F2N2O3S. The summed E-state index contributed by atoms with van der Waals surface area (Å²) in [4.78, 5) is 12.1. The highest BCUT2D eigenvalue weighted by Gasteiger charge is 2.12. The zero-order valence-electron chi connectivity index (χ0n) is 13.7. The largest absolute Gasteiger partial charge is 0.325 e. The third-order valence-corrected chi connectivity index (χ3v) is 4.67. The molecule has 2 N–H and O–H groups in total. The van der Waals surface area contributed by atoms with Gasteiger partial charge in [0.25, 0.3) is 0 Å². The molecule has 1 atom stereocenters. The standard InChI is InChI=1S/C17H18F2N2O3S/c1-11(12-6-7-15(18)16(19)8-12)20-10-17(22)21-13-4-3-5-14(9-13)25(2,23)24/h3-9,11,20H,10H2,1-2H3,(H,21,22)/t11-/m1/s1. The highest BCUT2D eigenvalue weighted by Crippen LogP contribution is 2.17. The Morgan fingerprint density at radius 1 is 1.12 bits per heavy atom. The van der Waals surface area contributed by atoms with Crippen molar-refractivity contribution in [3.63, 3.8) is 0 Å². The second-order valence-corrected chi connectivity index (χ2v) is 7.64. The lowest BCUT2D eigenvalue weighted by atomic mass is 10.1. The van der Waals surface area contributed by atoms with Crippen LogP contribution in [0.25, 0.3) is 0 Å². The van der Waals surface area contributed by atoms with Gasteiger partial charge >= 0.3 is 0 Å². The summed E-state index contributed by atoms with van der Waals surface area (Å²) < 4.78 is 49.2. The minimum absolute atomic E-state index is 0.0801. The number of hydrogen-bond acceptors (Lipinski definition) is 4. The summed E-state index contributed by atoms with van der Waals surface area (Å²) in [6, 6.07) is 9.07. The minimum Gasteiger partial charge on any atom is -0.325 e. The van der Waals surface area contributed by atoms with Gasteiger partial charge in [-0.05, 0) is 42.8 Å². The molecule has 0 aliphatic carbocycles. The summed E-state index contributed by atoms with van der Waals surface area (Å²) in [7, 11) is -3.36. The Morgan fingerprint density at radius 2 is 1.84 bits per heavy atom. The van der Waals surface area contributed by atoms with Crippen LogP contribution in [0.3, 0.4) is 0 Å². The van der Waals surface area contributed by atoms with Gasteiger partial charge in [-0.2, -0.15) is 0 Å². The first-order chi connectivity index (χ1) is 11.7. The number of hydrogen-bond donors (Lipinski definition) is 2. The van der Waals surface area contributed by atoms with E-state index in [2.05, 4.69) is 10.6 Å². The molecule has 0 heterocycles. The van der Waals surface area contributed by atoms with Gasteiger partial charge < -0.3 is 10.6 Å². The van der Waals surface area contributed by atoms with E-state index in [1.54, 1.807) is 13.0 Å². The number of amides is 1. The molecule has 5 nitrogen and oxygen atoms in total. The Labute approximate surface area is 145 Å². The number of carbonyl (C=O) groups excluding carboxylic acids is 1. The van der Waals surface area contributed by atoms with Crippen molar-refractivity contribution in [3.8, 4) is 0 Å². The van der Waals surface area contributed by atoms with E-state index in [-0.39, 0.29) is 23.4 Å². The lowest BCUT2D eigenvalue weighted by molar-refractivity contribution is -0.115. The van der Waals surface area contributed by atoms with E-state index in [0.717, 1.165) is 18.4 Å². The van der Waals surface area contributed by atoms with Crippen molar-refractivity contribution in [2.45, 2.75) is 17.9 Å². The van der Waals surface area contributed by atoms with Gasteiger partial charge in [0.2, 0.25) is 5.91 Å². The highest BCUT2D eigenvalue weighted by molar-refractivity contribution is 7.90. The Balaban J connectivity index is 1.95. The molecule has 0 aliphatic heterocycles. The molecule has 1 amide bonds. The SMILES string of the molecule is C[C@@H](NCC(=O)Nc1cccc(S(C)(=O)=O)c1)c1ccc(F)c(F)c1. The Hall–Kier alpha value is -2.32. The molecule has 0 saturated heterocycles. The second kappa shape index (κ2) is 7.71. The number of anilines is 1. The fraction of sp³-hybridized carbons (Fsp3) is 0.235. The number of benzene rings is 2. The van der Waals surface area contributed by atoms with Gasteiger partial charge in [-0.3, -0.25) is 4.79 Å². The van der Waals surface area contributed by atoms with Gasteiger partial charge in [-0.25, -0.2) is 17.2 Å². The summed E-state index contributed by atoms with van der Waals surface area (Å²) in [5, 5.41) is 5.47. The summed E-state index contributed by atoms with van der Waals surface area (Å²) in [6.07, 6.45) is 1.08. The van der Waals surface area contributed by atoms with E-state index >= 15 is 0 Å². The van der Waals surface area contributed by atoms with Crippen LogP contribution in [0.15, 0.2) is 47.4 Å². The predicted octanol–water partition coefficient (Wildman–Crippen LogP) is 2.66. The van der Waals surface area contributed by atoms with Crippen LogP contribution in [0.1, 0.15) is 18.5 Å². The second-order valence-electron chi connectivity index (χ2n) is 5.62. The van der Waals surface area contributed by atoms with Crippen LogP contribution in [0.2, 0.25) is 0 Å². The van der Waals surface area contributed by atoms with E-state index in [1.165, 1.54) is 24.3 Å². The van der Waals surface area contributed by atoms with Crippen molar-refractivity contribution in [2.75, 3.05) is 18.1 Å². The van der Waals surface area contributed by atoms with Crippen molar-refractivity contribution in [1.82, 2.24) is 5.32 Å². The van der Waals surface area contributed by atoms with E-state index in [1.807, 2.05) is 0 Å². The Morgan fingerprint density at radius 3 is 2.48 bits per heavy atom. The summed E-state index contributed by atoms with van der Waals surface area (Å²) in [5.41, 5.74) is 0.862. The van der Waals surface area contributed by atoms with Crippen LogP contribution < -0.4 is 10.6 Å². The summed E-state index contributed by atoms with van der Waals surface area (Å²) in [5.74, 6) is -2.27. The molecule has 134 valence electrons. The molecule has 25 heavy (non-hydrogen) atoms. The van der Waals surface area contributed by atoms with E-state index in [4.69, 9.17) is 0 Å². The molecular weight excluding hydrogens is 350 g/mol. The van der Waals surface area contributed by atoms with Gasteiger partial charge in [0.1, 0.15) is 0 Å². The number of nitrogens with one attached hydrogen (secondary N) is 2. The average molecular weight is 368 g/mol. The smallest absolute Gasteiger partial charge is 0.238 e. The quantitative estimate of drug-likeness (QED) is 0.822. The molecule has 0 aromatic heterocycles. The summed E-state index contributed by atoms with van der Waals surface area (Å²) in [6.45, 7) is 1.63. The molecule has 0 spiro atoms. The van der Waals surface area contributed by atoms with Crippen LogP contribution in [-0.4, -0.2) is 27.1 Å². The fourth-order valence-electron chi connectivity index (χ4n) is 2.16. The molecule has 0 radical (unpaired) electrons. The molecule has 2 aromatic carbocycles. The van der Waals surface area contributed by atoms with Gasteiger partial charge in [-0.15, -0.1) is 0 Å². The fourth-order valence-corrected chi connectivity index (χ4v) is 2.82. The van der Waals surface area contributed by atoms with Crippen LogP contribution in [0, 0.1) is 11.6 Å².